The summed E-state index contributed by atoms with van der Waals surface area (Å²) >= 11 is 0. The van der Waals surface area contributed by atoms with Crippen molar-refractivity contribution in [2.75, 3.05) is 0 Å². The van der Waals surface area contributed by atoms with Gasteiger partial charge in [-0.05, 0) is 116 Å². The summed E-state index contributed by atoms with van der Waals surface area (Å²) in [6.07, 6.45) is -5.72. The second-order valence-electron chi connectivity index (χ2n) is 13.2. The van der Waals surface area contributed by atoms with E-state index in [1.54, 1.807) is 6.92 Å². The van der Waals surface area contributed by atoms with Gasteiger partial charge in [0.05, 0.1) is 6.10 Å². The maximum atomic E-state index is 13.2. The first-order chi connectivity index (χ1) is 16.0. The van der Waals surface area contributed by atoms with Crippen molar-refractivity contribution >= 4 is 0 Å². The van der Waals surface area contributed by atoms with Crippen molar-refractivity contribution in [3.8, 4) is 0 Å². The summed E-state index contributed by atoms with van der Waals surface area (Å²) < 4.78 is 79.2. The van der Waals surface area contributed by atoms with E-state index < -0.39 is 24.4 Å². The predicted molar refractivity (Wildman–Crippen MR) is 121 cm³/mol. The van der Waals surface area contributed by atoms with Crippen LogP contribution in [0.3, 0.4) is 0 Å². The van der Waals surface area contributed by atoms with Gasteiger partial charge in [0.1, 0.15) is 0 Å². The Balaban J connectivity index is 1.50. The van der Waals surface area contributed by atoms with E-state index in [1.165, 1.54) is 0 Å². The first-order valence-electron chi connectivity index (χ1n) is 13.5. The summed E-state index contributed by atoms with van der Waals surface area (Å²) in [7, 11) is 0. The third kappa shape index (κ3) is 4.24. The van der Waals surface area contributed by atoms with Gasteiger partial charge in [-0.2, -0.15) is 26.3 Å². The molecule has 2 nitrogen and oxygen atoms in total. The van der Waals surface area contributed by atoms with Crippen molar-refractivity contribution in [3.63, 3.8) is 0 Å². The van der Waals surface area contributed by atoms with Gasteiger partial charge in [-0.15, -0.1) is 0 Å². The lowest BCUT2D eigenvalue weighted by atomic mass is 9.42. The summed E-state index contributed by atoms with van der Waals surface area (Å²) in [6, 6.07) is 0. The Hall–Kier alpha value is -0.500. The number of halogens is 6. The summed E-state index contributed by atoms with van der Waals surface area (Å²) in [4.78, 5) is 0. The molecule has 7 unspecified atom stereocenters. The van der Waals surface area contributed by atoms with E-state index in [4.69, 9.17) is 0 Å². The number of hydrogen-bond donors (Lipinski definition) is 2. The third-order valence-corrected chi connectivity index (χ3v) is 11.7. The summed E-state index contributed by atoms with van der Waals surface area (Å²) in [6.45, 7) is 8.71. The number of aliphatic hydroxyl groups excluding tert-OH is 1. The minimum Gasteiger partial charge on any atom is -0.393 e. The number of alkyl halides is 6. The molecule has 0 bridgehead atoms. The Morgan fingerprint density at radius 2 is 1.40 bits per heavy atom. The van der Waals surface area contributed by atoms with Gasteiger partial charge >= 0.3 is 12.4 Å². The van der Waals surface area contributed by atoms with Crippen molar-refractivity contribution in [2.45, 2.75) is 116 Å². The van der Waals surface area contributed by atoms with E-state index in [0.29, 0.717) is 29.6 Å². The molecule has 0 aromatic carbocycles. The number of aliphatic hydroxyl groups is 2. The fourth-order valence-corrected chi connectivity index (χ4v) is 9.77. The first kappa shape index (κ1) is 27.5. The Labute approximate surface area is 205 Å². The Kier molecular flexibility index (Phi) is 6.90. The van der Waals surface area contributed by atoms with Gasteiger partial charge in [-0.3, -0.25) is 0 Å². The van der Waals surface area contributed by atoms with Crippen molar-refractivity contribution in [1.29, 1.82) is 0 Å². The average molecular weight is 513 g/mol. The van der Waals surface area contributed by atoms with E-state index in [9.17, 15) is 36.6 Å². The lowest BCUT2D eigenvalue weighted by Crippen LogP contribution is -2.57. The molecule has 4 saturated carbocycles. The van der Waals surface area contributed by atoms with Crippen LogP contribution in [-0.4, -0.2) is 34.3 Å². The van der Waals surface area contributed by atoms with Crippen LogP contribution in [0.4, 0.5) is 26.3 Å². The fourth-order valence-electron chi connectivity index (χ4n) is 9.77. The van der Waals surface area contributed by atoms with Crippen LogP contribution in [0.1, 0.15) is 91.9 Å². The van der Waals surface area contributed by atoms with Crippen LogP contribution in [0.25, 0.3) is 0 Å². The molecule has 4 aliphatic carbocycles. The highest BCUT2D eigenvalue weighted by molar-refractivity contribution is 5.11. The standard InChI is InChI=1S/C27H42F6O2/c1-15(7-12-25(35,26(28,29)30)27(31,32)33)19-5-6-20-18-13-16(2)22-14-17(34)8-10-24(22,4)21(18)9-11-23(19,20)3/h15-22,34-35H,5-14H2,1-4H3/t15?,16-,17+,18?,19?,20?,21?,22-,23?,24?/m0/s1. The Morgan fingerprint density at radius 3 is 2.00 bits per heavy atom. The lowest BCUT2D eigenvalue weighted by Gasteiger charge is -2.63. The van der Waals surface area contributed by atoms with E-state index >= 15 is 0 Å². The summed E-state index contributed by atoms with van der Waals surface area (Å²) in [5.74, 6) is 2.28. The molecule has 0 aromatic rings. The number of fused-ring (bicyclic) bond motifs is 5. The monoisotopic (exact) mass is 512 g/mol. The number of hydrogen-bond acceptors (Lipinski definition) is 2. The van der Waals surface area contributed by atoms with E-state index in [1.807, 2.05) is 0 Å². The Bertz CT molecular complexity index is 767. The average Bonchev–Trinajstić information content (AvgIpc) is 3.09. The van der Waals surface area contributed by atoms with E-state index in [-0.39, 0.29) is 35.2 Å². The van der Waals surface area contributed by atoms with Gasteiger partial charge in [-0.1, -0.05) is 27.7 Å². The van der Waals surface area contributed by atoms with Crippen LogP contribution in [0.5, 0.6) is 0 Å². The molecule has 204 valence electrons. The Morgan fingerprint density at radius 1 is 0.829 bits per heavy atom. The zero-order valence-corrected chi connectivity index (χ0v) is 21.4. The van der Waals surface area contributed by atoms with Crippen LogP contribution >= 0.6 is 0 Å². The molecule has 0 radical (unpaired) electrons. The highest BCUT2D eigenvalue weighted by Gasteiger charge is 2.70. The molecule has 10 atom stereocenters. The normalized spacial score (nSPS) is 45.4. The molecular formula is C27H42F6O2. The lowest BCUT2D eigenvalue weighted by molar-refractivity contribution is -0.370. The van der Waals surface area contributed by atoms with Crippen LogP contribution in [0.2, 0.25) is 0 Å². The van der Waals surface area contributed by atoms with E-state index in [2.05, 4.69) is 20.8 Å². The van der Waals surface area contributed by atoms with Gasteiger partial charge in [0, 0.05) is 0 Å². The highest BCUT2D eigenvalue weighted by atomic mass is 19.4. The summed E-state index contributed by atoms with van der Waals surface area (Å²) in [5, 5.41) is 20.0. The second-order valence-corrected chi connectivity index (χ2v) is 13.2. The second kappa shape index (κ2) is 8.78. The molecule has 8 heteroatoms. The molecular weight excluding hydrogens is 470 g/mol. The minimum atomic E-state index is -5.75. The van der Waals surface area contributed by atoms with Gasteiger partial charge < -0.3 is 10.2 Å². The zero-order chi connectivity index (χ0) is 26.2. The fraction of sp³-hybridized carbons (Fsp3) is 1.00. The van der Waals surface area contributed by atoms with Gasteiger partial charge in [-0.25, -0.2) is 0 Å². The molecule has 0 saturated heterocycles. The number of rotatable bonds is 4. The third-order valence-electron chi connectivity index (χ3n) is 11.7. The van der Waals surface area contributed by atoms with Crippen molar-refractivity contribution in [2.24, 2.45) is 52.3 Å². The molecule has 4 fully saturated rings. The topological polar surface area (TPSA) is 40.5 Å². The van der Waals surface area contributed by atoms with Gasteiger partial charge in [0.2, 0.25) is 0 Å². The van der Waals surface area contributed by atoms with Crippen molar-refractivity contribution in [1.82, 2.24) is 0 Å². The maximum Gasteiger partial charge on any atom is 0.426 e. The molecule has 0 aliphatic heterocycles. The van der Waals surface area contributed by atoms with Crippen LogP contribution in [0.15, 0.2) is 0 Å². The van der Waals surface area contributed by atoms with E-state index in [0.717, 1.165) is 51.4 Å². The SMILES string of the molecule is CC(CCC(O)(C(F)(F)F)C(F)(F)F)C1CCC2C3C[C@H](C)[C@@H]4C[C@H](O)CCC4(C)C3CCC12C. The van der Waals surface area contributed by atoms with Crippen LogP contribution in [0, 0.1) is 52.3 Å². The molecule has 2 N–H and O–H groups in total. The zero-order valence-electron chi connectivity index (χ0n) is 21.4. The van der Waals surface area contributed by atoms with Crippen molar-refractivity contribution < 1.29 is 36.6 Å². The predicted octanol–water partition coefficient (Wildman–Crippen LogP) is 7.52. The highest BCUT2D eigenvalue weighted by Crippen LogP contribution is 2.69. The molecule has 0 heterocycles. The molecule has 35 heavy (non-hydrogen) atoms. The van der Waals surface area contributed by atoms with Crippen LogP contribution < -0.4 is 0 Å². The molecule has 0 spiro atoms. The molecule has 0 aromatic heterocycles. The molecule has 0 amide bonds. The van der Waals surface area contributed by atoms with Gasteiger partial charge in [0.25, 0.3) is 5.60 Å². The largest absolute Gasteiger partial charge is 0.426 e. The molecule has 4 aliphatic rings. The maximum absolute atomic E-state index is 13.2. The molecule has 4 rings (SSSR count). The van der Waals surface area contributed by atoms with Crippen molar-refractivity contribution in [3.05, 3.63) is 0 Å². The minimum absolute atomic E-state index is 0.0631. The summed E-state index contributed by atoms with van der Waals surface area (Å²) in [5.41, 5.74) is -4.55. The smallest absolute Gasteiger partial charge is 0.393 e. The van der Waals surface area contributed by atoms with Crippen LogP contribution in [-0.2, 0) is 0 Å². The quantitative estimate of drug-likeness (QED) is 0.383. The first-order valence-corrected chi connectivity index (χ1v) is 13.5. The van der Waals surface area contributed by atoms with Gasteiger partial charge in [0.15, 0.2) is 0 Å².